The lowest BCUT2D eigenvalue weighted by atomic mass is 9.89. The number of amides is 1. The lowest BCUT2D eigenvalue weighted by Crippen LogP contribution is -2.72. The zero-order valence-electron chi connectivity index (χ0n) is 15.6. The van der Waals surface area contributed by atoms with E-state index in [1.54, 1.807) is 30.0 Å². The molecule has 2 aliphatic heterocycles. The van der Waals surface area contributed by atoms with Crippen molar-refractivity contribution in [2.45, 2.75) is 22.2 Å². The molecule has 11 heteroatoms. The number of ether oxygens (including phenoxy) is 2. The second kappa shape index (κ2) is 8.50. The number of nitrogens with two attached hydrogens (primary N) is 1. The molecule has 2 aromatic rings. The fourth-order valence-electron chi connectivity index (χ4n) is 3.25. The molecule has 154 valence electrons. The molecule has 2 N–H and O–H groups in total. The largest absolute Gasteiger partial charge is 0.497 e. The summed E-state index contributed by atoms with van der Waals surface area (Å²) in [6, 6.07) is 6.89. The van der Waals surface area contributed by atoms with Crippen LogP contribution in [0.3, 0.4) is 0 Å². The molecule has 29 heavy (non-hydrogen) atoms. The third-order valence-corrected chi connectivity index (χ3v) is 8.71. The summed E-state index contributed by atoms with van der Waals surface area (Å²) in [6.45, 7) is 0.483. The monoisotopic (exact) mass is 452 g/mol. The molecule has 8 nitrogen and oxygen atoms in total. The van der Waals surface area contributed by atoms with Crippen LogP contribution in [0.4, 0.5) is 0 Å². The van der Waals surface area contributed by atoms with Gasteiger partial charge in [-0.25, -0.2) is 0 Å². The molecule has 2 unspecified atom stereocenters. The maximum atomic E-state index is 13.2. The molecule has 0 bridgehead atoms. The minimum Gasteiger partial charge on any atom is -0.497 e. The van der Waals surface area contributed by atoms with Gasteiger partial charge >= 0.3 is 5.97 Å². The highest BCUT2D eigenvalue weighted by atomic mass is 32.2. The Labute approximate surface area is 180 Å². The Balaban J connectivity index is 1.46. The summed E-state index contributed by atoms with van der Waals surface area (Å²) in [7, 11) is 1.60. The quantitative estimate of drug-likeness (QED) is 0.381. The third-order valence-electron chi connectivity index (χ3n) is 4.98. The van der Waals surface area contributed by atoms with Gasteiger partial charge in [-0.3, -0.25) is 9.59 Å². The average molecular weight is 453 g/mol. The smallest absolute Gasteiger partial charge is 0.315 e. The van der Waals surface area contributed by atoms with E-state index in [9.17, 15) is 9.59 Å². The highest BCUT2D eigenvalue weighted by molar-refractivity contribution is 8.01. The Bertz CT molecular complexity index is 880. The van der Waals surface area contributed by atoms with Crippen molar-refractivity contribution in [1.82, 2.24) is 14.5 Å². The van der Waals surface area contributed by atoms with Crippen molar-refractivity contribution in [2.24, 2.45) is 11.1 Å². The van der Waals surface area contributed by atoms with Crippen LogP contribution in [-0.2, 0) is 20.9 Å². The van der Waals surface area contributed by atoms with E-state index in [2.05, 4.69) is 9.59 Å². The van der Waals surface area contributed by atoms with Crippen LogP contribution in [-0.4, -0.2) is 62.9 Å². The maximum Gasteiger partial charge on any atom is 0.315 e. The Morgan fingerprint density at radius 2 is 2.21 bits per heavy atom. The Kier molecular flexibility index (Phi) is 6.00. The van der Waals surface area contributed by atoms with Gasteiger partial charge in [0, 0.05) is 18.1 Å². The molecule has 2 fully saturated rings. The molecule has 2 saturated heterocycles. The van der Waals surface area contributed by atoms with Gasteiger partial charge in [-0.1, -0.05) is 16.6 Å². The zero-order valence-corrected chi connectivity index (χ0v) is 18.1. The van der Waals surface area contributed by atoms with Gasteiger partial charge in [-0.15, -0.1) is 28.6 Å². The molecule has 1 aromatic carbocycles. The maximum absolute atomic E-state index is 13.2. The van der Waals surface area contributed by atoms with Gasteiger partial charge in [-0.05, 0) is 29.2 Å². The van der Waals surface area contributed by atoms with Crippen molar-refractivity contribution in [3.05, 3.63) is 36.0 Å². The average Bonchev–Trinajstić information content (AvgIpc) is 3.29. The number of hydrogen-bond donors (Lipinski definition) is 1. The van der Waals surface area contributed by atoms with Crippen LogP contribution in [0.15, 0.2) is 34.7 Å². The van der Waals surface area contributed by atoms with Gasteiger partial charge in [0.25, 0.3) is 0 Å². The summed E-state index contributed by atoms with van der Waals surface area (Å²) in [4.78, 5) is 27.0. The first kappa shape index (κ1) is 20.5. The van der Waals surface area contributed by atoms with E-state index in [0.717, 1.165) is 15.5 Å². The van der Waals surface area contributed by atoms with Crippen LogP contribution in [0.5, 0.6) is 5.75 Å². The number of carbonyl (C=O) groups is 2. The summed E-state index contributed by atoms with van der Waals surface area (Å²) in [6.07, 6.45) is 1.68. The van der Waals surface area contributed by atoms with Gasteiger partial charge in [-0.2, -0.15) is 0 Å². The minimum atomic E-state index is -0.807. The molecule has 3 atom stereocenters. The Morgan fingerprint density at radius 1 is 1.41 bits per heavy atom. The van der Waals surface area contributed by atoms with Crippen LogP contribution >= 0.6 is 35.1 Å². The van der Waals surface area contributed by atoms with E-state index in [4.69, 9.17) is 15.2 Å². The molecular formula is C18H20N4O4S3. The van der Waals surface area contributed by atoms with Gasteiger partial charge in [0.1, 0.15) is 33.4 Å². The predicted molar refractivity (Wildman–Crippen MR) is 112 cm³/mol. The summed E-state index contributed by atoms with van der Waals surface area (Å²) in [5.74, 6) is 1.36. The van der Waals surface area contributed by atoms with E-state index < -0.39 is 11.5 Å². The van der Waals surface area contributed by atoms with Crippen LogP contribution < -0.4 is 10.5 Å². The summed E-state index contributed by atoms with van der Waals surface area (Å²) < 4.78 is 15.6. The molecule has 1 aromatic heterocycles. The van der Waals surface area contributed by atoms with E-state index in [1.165, 1.54) is 23.3 Å². The normalized spacial score (nSPS) is 25.9. The molecule has 4 rings (SSSR count). The first-order chi connectivity index (χ1) is 14.0. The number of aromatic nitrogens is 2. The number of fused-ring (bicyclic) bond motifs is 1. The molecule has 2 aliphatic rings. The number of esters is 1. The van der Waals surface area contributed by atoms with Gasteiger partial charge in [0.2, 0.25) is 5.91 Å². The number of β-lactam (4-membered cyclic amide) rings is 1. The first-order valence-corrected chi connectivity index (χ1v) is 11.7. The van der Waals surface area contributed by atoms with E-state index in [-0.39, 0.29) is 23.9 Å². The summed E-state index contributed by atoms with van der Waals surface area (Å²) in [5.41, 5.74) is 5.96. The molecule has 0 aliphatic carbocycles. The fourth-order valence-corrected chi connectivity index (χ4v) is 6.47. The zero-order chi connectivity index (χ0) is 20.4. The van der Waals surface area contributed by atoms with Crippen LogP contribution in [0, 0.1) is 5.41 Å². The van der Waals surface area contributed by atoms with Crippen molar-refractivity contribution < 1.29 is 19.1 Å². The van der Waals surface area contributed by atoms with Crippen LogP contribution in [0.25, 0.3) is 0 Å². The molecule has 0 saturated carbocycles. The number of carbonyl (C=O) groups excluding carboxylic acids is 2. The second-order valence-corrected chi connectivity index (χ2v) is 10.1. The van der Waals surface area contributed by atoms with Crippen LogP contribution in [0.1, 0.15) is 5.56 Å². The van der Waals surface area contributed by atoms with Crippen molar-refractivity contribution in [1.29, 1.82) is 0 Å². The van der Waals surface area contributed by atoms with Gasteiger partial charge in [0.05, 0.1) is 13.3 Å². The lowest BCUT2D eigenvalue weighted by molar-refractivity contribution is -0.160. The summed E-state index contributed by atoms with van der Waals surface area (Å²) in [5, 5.41) is 3.78. The van der Waals surface area contributed by atoms with E-state index >= 15 is 0 Å². The fraction of sp³-hybridized carbons (Fsp3) is 0.444. The predicted octanol–water partition coefficient (Wildman–Crippen LogP) is 1.61. The van der Waals surface area contributed by atoms with Crippen molar-refractivity contribution in [3.63, 3.8) is 0 Å². The Hall–Kier alpha value is -1.82. The van der Waals surface area contributed by atoms with E-state index in [1.807, 2.05) is 24.3 Å². The molecule has 0 radical (unpaired) electrons. The van der Waals surface area contributed by atoms with Crippen molar-refractivity contribution >= 4 is 46.9 Å². The topological polar surface area (TPSA) is 108 Å². The van der Waals surface area contributed by atoms with Gasteiger partial charge < -0.3 is 20.1 Å². The Morgan fingerprint density at radius 3 is 2.90 bits per heavy atom. The molecule has 1 amide bonds. The number of nitrogens with zero attached hydrogens (tertiary/aromatic N) is 3. The molecular weight excluding hydrogens is 432 g/mol. The highest BCUT2D eigenvalue weighted by Crippen LogP contribution is 2.44. The number of methoxy groups -OCH3 is 1. The summed E-state index contributed by atoms with van der Waals surface area (Å²) >= 11 is 4.34. The number of rotatable bonds is 7. The molecule has 3 heterocycles. The SMILES string of the molecule is COc1ccc(COC(=O)C2(CSc3cnns3)CS[C@@H]3C(N)C(=O)N3C2)cc1. The highest BCUT2D eigenvalue weighted by Gasteiger charge is 2.56. The first-order valence-electron chi connectivity index (χ1n) is 8.90. The minimum absolute atomic E-state index is 0.0555. The second-order valence-electron chi connectivity index (χ2n) is 6.92. The standard InChI is InChI=1S/C18H20N4O4S3/c1-25-12-4-2-11(3-5-12)7-26-17(24)18(9-27-13-6-20-21-29-13)8-22-15(23)14(19)16(22)28-10-18/h2-6,14,16H,7-10,19H2,1H3/t14?,16-,18?/m1/s1. The lowest BCUT2D eigenvalue weighted by Gasteiger charge is -2.53. The third kappa shape index (κ3) is 4.09. The number of hydrogen-bond acceptors (Lipinski definition) is 10. The van der Waals surface area contributed by atoms with Crippen LogP contribution in [0.2, 0.25) is 0 Å². The van der Waals surface area contributed by atoms with E-state index in [0.29, 0.717) is 18.1 Å². The van der Waals surface area contributed by atoms with Crippen molar-refractivity contribution in [2.75, 3.05) is 25.2 Å². The van der Waals surface area contributed by atoms with Crippen molar-refractivity contribution in [3.8, 4) is 5.75 Å². The molecule has 0 spiro atoms. The number of benzene rings is 1. The number of thioether (sulfide) groups is 2. The van der Waals surface area contributed by atoms with Gasteiger partial charge in [0.15, 0.2) is 0 Å².